The average Bonchev–Trinajstić information content (AvgIpc) is 2.73. The largest absolute Gasteiger partial charge is 0.467 e. The number of hydrogen-bond acceptors (Lipinski definition) is 4. The summed E-state index contributed by atoms with van der Waals surface area (Å²) in [5.74, 6) is -0.249. The Hall–Kier alpha value is -0.810. The number of piperidine rings is 1. The average molecular weight is 333 g/mol. The van der Waals surface area contributed by atoms with Gasteiger partial charge in [-0.15, -0.1) is 12.4 Å². The number of halogens is 1. The molecule has 0 aromatic heterocycles. The lowest BCUT2D eigenvalue weighted by Gasteiger charge is -2.34. The van der Waals surface area contributed by atoms with Crippen LogP contribution in [0, 0.1) is 5.92 Å². The molecule has 2 fully saturated rings. The Labute approximate surface area is 139 Å². The number of ether oxygens (including phenoxy) is 1. The van der Waals surface area contributed by atoms with Crippen LogP contribution in [0.25, 0.3) is 0 Å². The van der Waals surface area contributed by atoms with E-state index in [1.54, 1.807) is 0 Å². The lowest BCUT2D eigenvalue weighted by atomic mass is 9.87. The number of esters is 1. The van der Waals surface area contributed by atoms with Gasteiger partial charge in [0.25, 0.3) is 0 Å². The van der Waals surface area contributed by atoms with Crippen molar-refractivity contribution in [3.8, 4) is 0 Å². The van der Waals surface area contributed by atoms with Crippen LogP contribution in [0.5, 0.6) is 0 Å². The SMILES string of the molecule is COC(=O)C1(NC(=O)[C@H]2CCN[C@@H](C)C2)CCCCCC1.Cl. The number of carbonyl (C=O) groups excluding carboxylic acids is 2. The number of rotatable bonds is 3. The minimum Gasteiger partial charge on any atom is -0.467 e. The number of methoxy groups -OCH3 is 1. The van der Waals surface area contributed by atoms with Crippen molar-refractivity contribution < 1.29 is 14.3 Å². The van der Waals surface area contributed by atoms with E-state index in [0.717, 1.165) is 45.1 Å². The Morgan fingerprint density at radius 2 is 1.82 bits per heavy atom. The molecule has 0 aromatic rings. The zero-order valence-corrected chi connectivity index (χ0v) is 14.5. The van der Waals surface area contributed by atoms with Gasteiger partial charge in [0, 0.05) is 12.0 Å². The number of carbonyl (C=O) groups is 2. The van der Waals surface area contributed by atoms with Gasteiger partial charge in [-0.2, -0.15) is 0 Å². The molecule has 2 atom stereocenters. The van der Waals surface area contributed by atoms with Gasteiger partial charge >= 0.3 is 5.97 Å². The first-order valence-electron chi connectivity index (χ1n) is 8.21. The van der Waals surface area contributed by atoms with Gasteiger partial charge in [-0.25, -0.2) is 4.79 Å². The van der Waals surface area contributed by atoms with Crippen molar-refractivity contribution in [2.75, 3.05) is 13.7 Å². The zero-order chi connectivity index (χ0) is 15.3. The van der Waals surface area contributed by atoms with E-state index in [9.17, 15) is 9.59 Å². The molecule has 5 nitrogen and oxygen atoms in total. The molecule has 1 saturated carbocycles. The Balaban J connectivity index is 0.00000242. The fourth-order valence-corrected chi connectivity index (χ4v) is 3.62. The second-order valence-corrected chi connectivity index (χ2v) is 6.55. The molecular weight excluding hydrogens is 304 g/mol. The molecule has 22 heavy (non-hydrogen) atoms. The Kier molecular flexibility index (Phi) is 7.63. The first-order valence-corrected chi connectivity index (χ1v) is 8.21. The second-order valence-electron chi connectivity index (χ2n) is 6.55. The maximum absolute atomic E-state index is 12.6. The smallest absolute Gasteiger partial charge is 0.331 e. The fraction of sp³-hybridized carbons (Fsp3) is 0.875. The summed E-state index contributed by atoms with van der Waals surface area (Å²) in [5, 5.41) is 6.42. The molecule has 1 aliphatic carbocycles. The molecule has 6 heteroatoms. The summed E-state index contributed by atoms with van der Waals surface area (Å²) < 4.78 is 4.99. The van der Waals surface area contributed by atoms with Gasteiger partial charge in [0.1, 0.15) is 5.54 Å². The number of nitrogens with one attached hydrogen (secondary N) is 2. The monoisotopic (exact) mass is 332 g/mol. The maximum atomic E-state index is 12.6. The molecule has 128 valence electrons. The van der Waals surface area contributed by atoms with Crippen LogP contribution in [0.1, 0.15) is 58.3 Å². The normalized spacial score (nSPS) is 27.9. The molecule has 0 aromatic carbocycles. The first-order chi connectivity index (χ1) is 10.1. The summed E-state index contributed by atoms with van der Waals surface area (Å²) >= 11 is 0. The molecule has 1 aliphatic heterocycles. The predicted molar refractivity (Wildman–Crippen MR) is 88.0 cm³/mol. The highest BCUT2D eigenvalue weighted by Crippen LogP contribution is 2.29. The molecule has 2 rings (SSSR count). The fourth-order valence-electron chi connectivity index (χ4n) is 3.62. The van der Waals surface area contributed by atoms with Crippen LogP contribution in [0.3, 0.4) is 0 Å². The van der Waals surface area contributed by atoms with Gasteiger partial charge in [0.2, 0.25) is 5.91 Å². The van der Waals surface area contributed by atoms with Crippen LogP contribution in [-0.2, 0) is 14.3 Å². The van der Waals surface area contributed by atoms with Crippen LogP contribution >= 0.6 is 12.4 Å². The summed E-state index contributed by atoms with van der Waals surface area (Å²) in [6.45, 7) is 2.96. The van der Waals surface area contributed by atoms with Crippen LogP contribution < -0.4 is 10.6 Å². The molecule has 0 radical (unpaired) electrons. The van der Waals surface area contributed by atoms with E-state index in [1.165, 1.54) is 7.11 Å². The van der Waals surface area contributed by atoms with E-state index < -0.39 is 5.54 Å². The third-order valence-electron chi connectivity index (χ3n) is 4.89. The van der Waals surface area contributed by atoms with Gasteiger partial charge in [-0.05, 0) is 39.2 Å². The van der Waals surface area contributed by atoms with Crippen molar-refractivity contribution >= 4 is 24.3 Å². The quantitative estimate of drug-likeness (QED) is 0.614. The standard InChI is InChI=1S/C16H28N2O3.ClH/c1-12-11-13(7-10-17-12)14(19)18-16(15(20)21-2)8-5-3-4-6-9-16;/h12-13,17H,3-11H2,1-2H3,(H,18,19);1H/t12-,13-;/m0./s1. The van der Waals surface area contributed by atoms with E-state index in [1.807, 2.05) is 0 Å². The van der Waals surface area contributed by atoms with E-state index in [-0.39, 0.29) is 30.2 Å². The predicted octanol–water partition coefficient (Wildman–Crippen LogP) is 2.18. The Morgan fingerprint density at radius 3 is 2.36 bits per heavy atom. The van der Waals surface area contributed by atoms with Crippen molar-refractivity contribution in [2.45, 2.75) is 69.9 Å². The van der Waals surface area contributed by atoms with Crippen molar-refractivity contribution in [1.82, 2.24) is 10.6 Å². The summed E-state index contributed by atoms with van der Waals surface area (Å²) in [7, 11) is 1.41. The van der Waals surface area contributed by atoms with Crippen molar-refractivity contribution in [3.63, 3.8) is 0 Å². The molecule has 1 amide bonds. The van der Waals surface area contributed by atoms with Crippen LogP contribution in [0.2, 0.25) is 0 Å². The van der Waals surface area contributed by atoms with Gasteiger partial charge in [0.15, 0.2) is 0 Å². The summed E-state index contributed by atoms with van der Waals surface area (Å²) in [5.41, 5.74) is -0.795. The maximum Gasteiger partial charge on any atom is 0.331 e. The van der Waals surface area contributed by atoms with Crippen molar-refractivity contribution in [1.29, 1.82) is 0 Å². The zero-order valence-electron chi connectivity index (χ0n) is 13.7. The third-order valence-corrected chi connectivity index (χ3v) is 4.89. The van der Waals surface area contributed by atoms with Crippen LogP contribution in [-0.4, -0.2) is 37.1 Å². The van der Waals surface area contributed by atoms with Gasteiger partial charge < -0.3 is 15.4 Å². The lowest BCUT2D eigenvalue weighted by molar-refractivity contribution is -0.152. The molecule has 1 heterocycles. The minimum atomic E-state index is -0.795. The molecule has 0 bridgehead atoms. The van der Waals surface area contributed by atoms with Crippen LogP contribution in [0.4, 0.5) is 0 Å². The molecule has 0 unspecified atom stereocenters. The van der Waals surface area contributed by atoms with Crippen molar-refractivity contribution in [3.05, 3.63) is 0 Å². The van der Waals surface area contributed by atoms with E-state index in [2.05, 4.69) is 17.6 Å². The molecule has 2 aliphatic rings. The molecule has 1 saturated heterocycles. The second kappa shape index (κ2) is 8.73. The van der Waals surface area contributed by atoms with Gasteiger partial charge in [0.05, 0.1) is 7.11 Å². The highest BCUT2D eigenvalue weighted by molar-refractivity contribution is 5.89. The van der Waals surface area contributed by atoms with Gasteiger partial charge in [-0.1, -0.05) is 25.7 Å². The Bertz CT molecular complexity index is 382. The lowest BCUT2D eigenvalue weighted by Crippen LogP contribution is -2.57. The first kappa shape index (κ1) is 19.2. The van der Waals surface area contributed by atoms with Gasteiger partial charge in [-0.3, -0.25) is 4.79 Å². The number of hydrogen-bond donors (Lipinski definition) is 2. The van der Waals surface area contributed by atoms with Crippen molar-refractivity contribution in [2.24, 2.45) is 5.92 Å². The molecule has 0 spiro atoms. The third kappa shape index (κ3) is 4.59. The topological polar surface area (TPSA) is 67.4 Å². The summed E-state index contributed by atoms with van der Waals surface area (Å²) in [4.78, 5) is 24.9. The van der Waals surface area contributed by atoms with E-state index >= 15 is 0 Å². The van der Waals surface area contributed by atoms with Crippen LogP contribution in [0.15, 0.2) is 0 Å². The summed E-state index contributed by atoms with van der Waals surface area (Å²) in [6, 6.07) is 0.359. The molecular formula is C16H29ClN2O3. The Morgan fingerprint density at radius 1 is 1.18 bits per heavy atom. The highest BCUT2D eigenvalue weighted by Gasteiger charge is 2.42. The summed E-state index contributed by atoms with van der Waals surface area (Å²) in [6.07, 6.45) is 7.27. The van der Waals surface area contributed by atoms with E-state index in [4.69, 9.17) is 4.74 Å². The van der Waals surface area contributed by atoms with E-state index in [0.29, 0.717) is 18.9 Å². The minimum absolute atomic E-state index is 0. The number of amides is 1. The highest BCUT2D eigenvalue weighted by atomic mass is 35.5. The molecule has 2 N–H and O–H groups in total.